The third-order valence-corrected chi connectivity index (χ3v) is 9.72. The molecule has 6 nitrogen and oxygen atoms in total. The summed E-state index contributed by atoms with van der Waals surface area (Å²) < 4.78 is 121. The van der Waals surface area contributed by atoms with Crippen molar-refractivity contribution in [1.29, 1.82) is 0 Å². The summed E-state index contributed by atoms with van der Waals surface area (Å²) in [7, 11) is -4.44. The maximum Gasteiger partial charge on any atom is 0.437 e. The first-order valence-electron chi connectivity index (χ1n) is 11.5. The third kappa shape index (κ3) is 3.90. The molecule has 1 aromatic carbocycles. The molecule has 1 aromatic heterocycles. The largest absolute Gasteiger partial charge is 0.437 e. The Hall–Kier alpha value is -2.74. The summed E-state index contributed by atoms with van der Waals surface area (Å²) in [5.41, 5.74) is -10.3. The van der Waals surface area contributed by atoms with E-state index >= 15 is 0 Å². The van der Waals surface area contributed by atoms with Crippen LogP contribution in [0.15, 0.2) is 47.4 Å². The molecule has 4 rings (SSSR count). The Morgan fingerprint density at radius 1 is 1.00 bits per heavy atom. The van der Waals surface area contributed by atoms with Crippen molar-refractivity contribution in [3.05, 3.63) is 59.4 Å². The molecular weight excluding hydrogens is 545 g/mol. The van der Waals surface area contributed by atoms with Gasteiger partial charge in [0.05, 0.1) is 16.6 Å². The van der Waals surface area contributed by atoms with Crippen molar-refractivity contribution < 1.29 is 49.1 Å². The molecule has 1 fully saturated rings. The van der Waals surface area contributed by atoms with Gasteiger partial charge in [0.2, 0.25) is 0 Å². The second-order valence-electron chi connectivity index (χ2n) is 9.91. The number of hydrogen-bond donors (Lipinski definition) is 1. The average molecular weight is 569 g/mol. The van der Waals surface area contributed by atoms with E-state index < -0.39 is 61.5 Å². The monoisotopic (exact) mass is 568 g/mol. The highest BCUT2D eigenvalue weighted by Gasteiger charge is 2.75. The minimum atomic E-state index is -6.39. The highest BCUT2D eigenvalue weighted by Crippen LogP contribution is 2.56. The smallest absolute Gasteiger partial charge is 0.381 e. The molecule has 2 heterocycles. The van der Waals surface area contributed by atoms with Crippen molar-refractivity contribution >= 4 is 15.7 Å². The fourth-order valence-electron chi connectivity index (χ4n) is 5.42. The predicted molar refractivity (Wildman–Crippen MR) is 119 cm³/mol. The lowest BCUT2D eigenvalue weighted by Gasteiger charge is -2.43. The molecule has 2 unspecified atom stereocenters. The first kappa shape index (κ1) is 28.3. The molecule has 1 saturated heterocycles. The number of benzene rings is 1. The summed E-state index contributed by atoms with van der Waals surface area (Å²) in [6.07, 6.45) is -13.6. The molecule has 208 valence electrons. The number of pyridine rings is 1. The highest BCUT2D eigenvalue weighted by atomic mass is 32.2. The topological polar surface area (TPSA) is 87.6 Å². The fraction of sp³-hybridized carbons (Fsp3) is 0.500. The first-order chi connectivity index (χ1) is 17.3. The zero-order chi connectivity index (χ0) is 28.5. The number of amides is 1. The van der Waals surface area contributed by atoms with Gasteiger partial charge in [-0.05, 0) is 56.9 Å². The summed E-state index contributed by atoms with van der Waals surface area (Å²) in [5, 5.41) is 10.3. The van der Waals surface area contributed by atoms with Crippen LogP contribution in [0.2, 0.25) is 0 Å². The SMILES string of the molecule is CC(C)(O)C(=O)N1CCC2(S(=O)(=O)c3ccccc3)c3ccc(C(F)(C(F)(F)F)C(F)(F)F)nc3CCC12. The first-order valence-corrected chi connectivity index (χ1v) is 12.9. The van der Waals surface area contributed by atoms with Crippen LogP contribution in [0.25, 0.3) is 0 Å². The lowest BCUT2D eigenvalue weighted by molar-refractivity contribution is -0.350. The van der Waals surface area contributed by atoms with Crippen LogP contribution in [0.5, 0.6) is 0 Å². The normalized spacial score (nSPS) is 22.7. The van der Waals surface area contributed by atoms with E-state index in [-0.39, 0.29) is 42.3 Å². The number of rotatable bonds is 4. The van der Waals surface area contributed by atoms with Gasteiger partial charge in [0.25, 0.3) is 5.91 Å². The molecule has 1 amide bonds. The Kier molecular flexibility index (Phi) is 6.42. The molecule has 0 bridgehead atoms. The molecule has 14 heteroatoms. The molecule has 0 saturated carbocycles. The number of aliphatic hydroxyl groups is 1. The number of aromatic nitrogens is 1. The number of carbonyl (C=O) groups excluding carboxylic acids is 1. The molecular formula is C24H23F7N2O4S. The molecule has 0 radical (unpaired) electrons. The standard InChI is InChI=1S/C24H23F7N2O4S/c1-20(2,35)19(34)33-13-12-21(38(36,37)14-6-4-3-5-7-14)15-8-10-17(32-16(15)9-11-18(21)33)22(25,23(26,27)28)24(29,30)31/h3-8,10,18,35H,9,11-13H2,1-2H3. The van der Waals surface area contributed by atoms with Gasteiger partial charge < -0.3 is 10.0 Å². The van der Waals surface area contributed by atoms with Crippen LogP contribution < -0.4 is 0 Å². The molecule has 2 aliphatic rings. The van der Waals surface area contributed by atoms with Gasteiger partial charge in [-0.2, -0.15) is 26.3 Å². The Balaban J connectivity index is 1.97. The maximum absolute atomic E-state index is 14.8. The van der Waals surface area contributed by atoms with Gasteiger partial charge in [-0.3, -0.25) is 9.78 Å². The van der Waals surface area contributed by atoms with Gasteiger partial charge in [-0.15, -0.1) is 0 Å². The number of fused-ring (bicyclic) bond motifs is 3. The highest BCUT2D eigenvalue weighted by molar-refractivity contribution is 7.92. The number of alkyl halides is 7. The van der Waals surface area contributed by atoms with E-state index in [1.807, 2.05) is 0 Å². The summed E-state index contributed by atoms with van der Waals surface area (Å²) in [6, 6.07) is 6.77. The number of likely N-dealkylation sites (tertiary alicyclic amines) is 1. The summed E-state index contributed by atoms with van der Waals surface area (Å²) in [4.78, 5) is 17.4. The Morgan fingerprint density at radius 2 is 1.58 bits per heavy atom. The quantitative estimate of drug-likeness (QED) is 0.554. The Labute approximate surface area is 213 Å². The van der Waals surface area contributed by atoms with Crippen LogP contribution >= 0.6 is 0 Å². The molecule has 1 N–H and O–H groups in total. The van der Waals surface area contributed by atoms with Gasteiger partial charge in [0.1, 0.15) is 10.3 Å². The zero-order valence-electron chi connectivity index (χ0n) is 20.1. The summed E-state index contributed by atoms with van der Waals surface area (Å²) in [6.45, 7) is 2.25. The fourth-order valence-corrected chi connectivity index (χ4v) is 7.79. The van der Waals surface area contributed by atoms with E-state index in [2.05, 4.69) is 4.98 Å². The lowest BCUT2D eigenvalue weighted by atomic mass is 9.80. The third-order valence-electron chi connectivity index (χ3n) is 7.17. The average Bonchev–Trinajstić information content (AvgIpc) is 3.22. The van der Waals surface area contributed by atoms with E-state index in [0.717, 1.165) is 6.07 Å². The minimum absolute atomic E-state index is 0.168. The van der Waals surface area contributed by atoms with Crippen LogP contribution in [0.4, 0.5) is 30.7 Å². The van der Waals surface area contributed by atoms with Gasteiger partial charge >= 0.3 is 18.0 Å². The summed E-state index contributed by atoms with van der Waals surface area (Å²) >= 11 is 0. The summed E-state index contributed by atoms with van der Waals surface area (Å²) in [5.74, 6) is -0.794. The molecule has 38 heavy (non-hydrogen) atoms. The predicted octanol–water partition coefficient (Wildman–Crippen LogP) is 4.36. The zero-order valence-corrected chi connectivity index (χ0v) is 20.9. The van der Waals surface area contributed by atoms with E-state index in [1.54, 1.807) is 6.07 Å². The second kappa shape index (κ2) is 8.63. The van der Waals surface area contributed by atoms with E-state index in [0.29, 0.717) is 0 Å². The van der Waals surface area contributed by atoms with Crippen LogP contribution in [-0.4, -0.2) is 59.9 Å². The number of carbonyl (C=O) groups is 1. The number of nitrogens with zero attached hydrogens (tertiary/aromatic N) is 2. The van der Waals surface area contributed by atoms with Gasteiger partial charge in [-0.25, -0.2) is 12.8 Å². The number of hydrogen-bond acceptors (Lipinski definition) is 5. The number of aryl methyl sites for hydroxylation is 1. The van der Waals surface area contributed by atoms with E-state index in [9.17, 15) is 49.1 Å². The van der Waals surface area contributed by atoms with E-state index in [1.165, 1.54) is 43.0 Å². The number of halogens is 7. The van der Waals surface area contributed by atoms with E-state index in [4.69, 9.17) is 0 Å². The minimum Gasteiger partial charge on any atom is -0.381 e. The maximum atomic E-state index is 14.8. The molecule has 2 aromatic rings. The van der Waals surface area contributed by atoms with Crippen LogP contribution in [0, 0.1) is 0 Å². The van der Waals surface area contributed by atoms with Gasteiger partial charge in [-0.1, -0.05) is 24.3 Å². The van der Waals surface area contributed by atoms with Crippen molar-refractivity contribution in [2.75, 3.05) is 6.54 Å². The van der Waals surface area contributed by atoms with Crippen molar-refractivity contribution in [3.8, 4) is 0 Å². The van der Waals surface area contributed by atoms with Gasteiger partial charge in [0, 0.05) is 12.2 Å². The molecule has 1 aliphatic heterocycles. The van der Waals surface area contributed by atoms with Crippen molar-refractivity contribution in [2.24, 2.45) is 0 Å². The Morgan fingerprint density at radius 3 is 2.11 bits per heavy atom. The van der Waals surface area contributed by atoms with Crippen LogP contribution in [0.3, 0.4) is 0 Å². The van der Waals surface area contributed by atoms with Crippen molar-refractivity contribution in [3.63, 3.8) is 0 Å². The number of sulfone groups is 1. The van der Waals surface area contributed by atoms with Crippen molar-refractivity contribution in [1.82, 2.24) is 9.88 Å². The van der Waals surface area contributed by atoms with Gasteiger partial charge in [0.15, 0.2) is 9.84 Å². The van der Waals surface area contributed by atoms with Crippen LogP contribution in [0.1, 0.15) is 43.6 Å². The molecule has 1 aliphatic carbocycles. The Bertz CT molecular complexity index is 1340. The lowest BCUT2D eigenvalue weighted by Crippen LogP contribution is -2.56. The molecule has 0 spiro atoms. The molecule has 2 atom stereocenters. The van der Waals surface area contributed by atoms with Crippen LogP contribution in [-0.2, 0) is 31.5 Å². The van der Waals surface area contributed by atoms with Crippen molar-refractivity contribution in [2.45, 2.75) is 72.4 Å². The second-order valence-corrected chi connectivity index (χ2v) is 12.1.